The number of amides is 1. The highest BCUT2D eigenvalue weighted by molar-refractivity contribution is 7.80. The number of carbonyl (C=O) groups is 1. The van der Waals surface area contributed by atoms with E-state index in [4.69, 9.17) is 39.8 Å². The number of rotatable bonds is 4. The van der Waals surface area contributed by atoms with Crippen molar-refractivity contribution in [2.24, 2.45) is 0 Å². The van der Waals surface area contributed by atoms with Crippen molar-refractivity contribution in [3.05, 3.63) is 94.2 Å². The molecule has 5 rings (SSSR count). The van der Waals surface area contributed by atoms with Gasteiger partial charge in [-0.15, -0.1) is 10.2 Å². The van der Waals surface area contributed by atoms with Crippen molar-refractivity contribution in [2.45, 2.75) is 6.92 Å². The van der Waals surface area contributed by atoms with E-state index >= 15 is 0 Å². The first kappa shape index (κ1) is 23.0. The average Bonchev–Trinajstić information content (AvgIpc) is 3.49. The summed E-state index contributed by atoms with van der Waals surface area (Å²) in [6.07, 6.45) is 0. The number of fused-ring (bicyclic) bond motifs is 1. The van der Waals surface area contributed by atoms with Gasteiger partial charge in [0, 0.05) is 10.6 Å². The maximum atomic E-state index is 12.7. The predicted molar refractivity (Wildman–Crippen MR) is 141 cm³/mol. The number of hydrogen-bond donors (Lipinski definition) is 2. The quantitative estimate of drug-likeness (QED) is 0.265. The molecule has 0 bridgehead atoms. The Morgan fingerprint density at radius 1 is 0.943 bits per heavy atom. The number of aromatic nitrogens is 3. The minimum atomic E-state index is -0.501. The predicted octanol–water partition coefficient (Wildman–Crippen LogP) is 6.42. The highest BCUT2D eigenvalue weighted by atomic mass is 35.5. The third kappa shape index (κ3) is 4.90. The number of thiocarbonyl (C=S) groups is 1. The van der Waals surface area contributed by atoms with E-state index < -0.39 is 5.91 Å². The van der Waals surface area contributed by atoms with Crippen LogP contribution >= 0.6 is 35.4 Å². The number of halogens is 2. The molecule has 1 amide bonds. The molecule has 2 aromatic heterocycles. The summed E-state index contributed by atoms with van der Waals surface area (Å²) in [5.41, 5.74) is 4.27. The number of para-hydroxylation sites is 1. The molecule has 2 N–H and O–H groups in total. The first-order valence-corrected chi connectivity index (χ1v) is 11.6. The van der Waals surface area contributed by atoms with Crippen LogP contribution < -0.4 is 10.6 Å². The van der Waals surface area contributed by atoms with Crippen LogP contribution in [0.3, 0.4) is 0 Å². The van der Waals surface area contributed by atoms with Crippen molar-refractivity contribution in [1.29, 1.82) is 0 Å². The Kier molecular flexibility index (Phi) is 6.25. The van der Waals surface area contributed by atoms with E-state index in [0.29, 0.717) is 32.5 Å². The van der Waals surface area contributed by atoms with Crippen molar-refractivity contribution in [1.82, 2.24) is 20.3 Å². The van der Waals surface area contributed by atoms with Crippen LogP contribution in [0.4, 0.5) is 5.69 Å². The highest BCUT2D eigenvalue weighted by Crippen LogP contribution is 2.28. The van der Waals surface area contributed by atoms with E-state index in [1.165, 1.54) is 4.80 Å². The lowest BCUT2D eigenvalue weighted by Crippen LogP contribution is -2.33. The molecule has 0 aliphatic rings. The number of benzene rings is 3. The zero-order chi connectivity index (χ0) is 24.5. The molecule has 174 valence electrons. The zero-order valence-corrected chi connectivity index (χ0v) is 20.6. The fraction of sp³-hybridized carbons (Fsp3) is 0.0400. The average molecular weight is 522 g/mol. The molecule has 10 heteroatoms. The molecule has 0 saturated heterocycles. The second-order valence-electron chi connectivity index (χ2n) is 7.68. The monoisotopic (exact) mass is 521 g/mol. The van der Waals surface area contributed by atoms with Crippen LogP contribution in [-0.4, -0.2) is 26.0 Å². The van der Waals surface area contributed by atoms with Crippen molar-refractivity contribution in [2.75, 3.05) is 5.32 Å². The van der Waals surface area contributed by atoms with Crippen LogP contribution in [0, 0.1) is 6.92 Å². The van der Waals surface area contributed by atoms with Crippen molar-refractivity contribution >= 4 is 63.2 Å². The third-order valence-electron chi connectivity index (χ3n) is 5.22. The normalized spacial score (nSPS) is 10.9. The Morgan fingerprint density at radius 2 is 1.69 bits per heavy atom. The second-order valence-corrected chi connectivity index (χ2v) is 8.90. The van der Waals surface area contributed by atoms with Gasteiger partial charge in [-0.3, -0.25) is 10.1 Å². The van der Waals surface area contributed by atoms with E-state index in [1.807, 2.05) is 49.4 Å². The Bertz CT molecular complexity index is 1580. The molecule has 0 atom stereocenters. The highest BCUT2D eigenvalue weighted by Gasteiger charge is 2.16. The summed E-state index contributed by atoms with van der Waals surface area (Å²) >= 11 is 17.9. The van der Waals surface area contributed by atoms with Gasteiger partial charge in [-0.05, 0) is 67.2 Å². The second kappa shape index (κ2) is 9.50. The summed E-state index contributed by atoms with van der Waals surface area (Å²) in [5.74, 6) is 0.123. The van der Waals surface area contributed by atoms with Crippen molar-refractivity contribution in [3.8, 4) is 17.0 Å². The largest absolute Gasteiger partial charge is 0.451 e. The lowest BCUT2D eigenvalue weighted by Gasteiger charge is -2.10. The molecule has 5 aromatic rings. The molecular weight excluding hydrogens is 505 g/mol. The van der Waals surface area contributed by atoms with Gasteiger partial charge >= 0.3 is 0 Å². The minimum Gasteiger partial charge on any atom is -0.451 e. The lowest BCUT2D eigenvalue weighted by atomic mass is 10.1. The van der Waals surface area contributed by atoms with Gasteiger partial charge in [-0.1, -0.05) is 53.5 Å². The van der Waals surface area contributed by atoms with Crippen LogP contribution in [0.2, 0.25) is 10.0 Å². The van der Waals surface area contributed by atoms with Crippen LogP contribution in [0.1, 0.15) is 16.1 Å². The fourth-order valence-electron chi connectivity index (χ4n) is 3.39. The molecule has 35 heavy (non-hydrogen) atoms. The first-order chi connectivity index (χ1) is 16.9. The number of anilines is 1. The topological polar surface area (TPSA) is 85.0 Å². The third-order valence-corrected chi connectivity index (χ3v) is 6.14. The Morgan fingerprint density at radius 3 is 2.43 bits per heavy atom. The van der Waals surface area contributed by atoms with Gasteiger partial charge in [-0.25, -0.2) is 0 Å². The van der Waals surface area contributed by atoms with Crippen LogP contribution in [0.15, 0.2) is 77.2 Å². The molecule has 2 heterocycles. The molecule has 0 unspecified atom stereocenters. The Labute approximate surface area is 215 Å². The van der Waals surface area contributed by atoms with Crippen LogP contribution in [0.5, 0.6) is 0 Å². The maximum absolute atomic E-state index is 12.7. The molecule has 0 aliphatic heterocycles. The standard InChI is InChI=1S/C25H17Cl2N5O2S/c1-14-7-8-15(11-17(14)26)22-9-10-23(34-22)24(33)29-25(35)28-19-13-21-20(12-18(19)27)30-32(31-21)16-5-3-2-4-6-16/h2-13H,1H3,(H2,28,29,33,35). The van der Waals surface area contributed by atoms with Gasteiger partial charge in [0.15, 0.2) is 10.9 Å². The van der Waals surface area contributed by atoms with E-state index in [2.05, 4.69) is 20.8 Å². The van der Waals surface area contributed by atoms with Gasteiger partial charge in [0.25, 0.3) is 5.91 Å². The fourth-order valence-corrected chi connectivity index (χ4v) is 3.98. The van der Waals surface area contributed by atoms with Gasteiger partial charge in [0.2, 0.25) is 0 Å². The number of nitrogens with one attached hydrogen (secondary N) is 2. The van der Waals surface area contributed by atoms with Crippen LogP contribution in [-0.2, 0) is 0 Å². The van der Waals surface area contributed by atoms with Gasteiger partial charge in [0.1, 0.15) is 16.8 Å². The first-order valence-electron chi connectivity index (χ1n) is 10.5. The molecule has 0 aliphatic carbocycles. The maximum Gasteiger partial charge on any atom is 0.293 e. The van der Waals surface area contributed by atoms with Gasteiger partial charge in [-0.2, -0.15) is 4.80 Å². The number of carbonyl (C=O) groups excluding carboxylic acids is 1. The Hall–Kier alpha value is -3.72. The van der Waals surface area contributed by atoms with E-state index in [-0.39, 0.29) is 10.9 Å². The Balaban J connectivity index is 1.29. The lowest BCUT2D eigenvalue weighted by molar-refractivity contribution is 0.0951. The minimum absolute atomic E-state index is 0.0584. The van der Waals surface area contributed by atoms with E-state index in [9.17, 15) is 4.79 Å². The van der Waals surface area contributed by atoms with E-state index in [1.54, 1.807) is 30.3 Å². The van der Waals surface area contributed by atoms with Gasteiger partial charge in [0.05, 0.1) is 16.4 Å². The number of hydrogen-bond acceptors (Lipinski definition) is 5. The number of aryl methyl sites for hydroxylation is 1. The summed E-state index contributed by atoms with van der Waals surface area (Å²) in [4.78, 5) is 14.2. The molecule has 3 aromatic carbocycles. The molecule has 7 nitrogen and oxygen atoms in total. The summed E-state index contributed by atoms with van der Waals surface area (Å²) in [6, 6.07) is 21.8. The molecular formula is C25H17Cl2N5O2S. The summed E-state index contributed by atoms with van der Waals surface area (Å²) in [5, 5.41) is 15.5. The summed E-state index contributed by atoms with van der Waals surface area (Å²) in [6.45, 7) is 1.91. The molecule has 0 saturated carbocycles. The number of furan rings is 1. The molecule has 0 spiro atoms. The summed E-state index contributed by atoms with van der Waals surface area (Å²) < 4.78 is 5.70. The SMILES string of the molecule is Cc1ccc(-c2ccc(C(=O)NC(=S)Nc3cc4nn(-c5ccccc5)nc4cc3Cl)o2)cc1Cl. The zero-order valence-electron chi connectivity index (χ0n) is 18.3. The van der Waals surface area contributed by atoms with Crippen molar-refractivity contribution in [3.63, 3.8) is 0 Å². The number of nitrogens with zero attached hydrogens (tertiary/aromatic N) is 3. The van der Waals surface area contributed by atoms with Crippen LogP contribution in [0.25, 0.3) is 28.0 Å². The van der Waals surface area contributed by atoms with E-state index in [0.717, 1.165) is 16.8 Å². The van der Waals surface area contributed by atoms with Crippen molar-refractivity contribution < 1.29 is 9.21 Å². The summed E-state index contributed by atoms with van der Waals surface area (Å²) in [7, 11) is 0. The smallest absolute Gasteiger partial charge is 0.293 e. The molecule has 0 radical (unpaired) electrons. The van der Waals surface area contributed by atoms with Gasteiger partial charge < -0.3 is 9.73 Å². The molecule has 0 fully saturated rings.